The van der Waals surface area contributed by atoms with Gasteiger partial charge in [0, 0.05) is 13.1 Å². The van der Waals surface area contributed by atoms with Crippen molar-refractivity contribution in [1.29, 1.82) is 0 Å². The molecule has 0 aromatic heterocycles. The number of nitrogens with zero attached hydrogens (tertiary/aromatic N) is 2. The van der Waals surface area contributed by atoms with E-state index in [-0.39, 0.29) is 5.91 Å². The van der Waals surface area contributed by atoms with Crippen LogP contribution < -0.4 is 0 Å². The molecule has 0 bridgehead atoms. The maximum Gasteiger partial charge on any atom is 0.237 e. The fourth-order valence-corrected chi connectivity index (χ4v) is 2.21. The average molecular weight is 276 g/mol. The monoisotopic (exact) mass is 276 g/mol. The van der Waals surface area contributed by atoms with Crippen LogP contribution in [0.2, 0.25) is 0 Å². The molecule has 1 aromatic rings. The Morgan fingerprint density at radius 2 is 1.65 bits per heavy atom. The lowest BCUT2D eigenvalue weighted by atomic mass is 10.1. The lowest BCUT2D eigenvalue weighted by Crippen LogP contribution is -2.40. The summed E-state index contributed by atoms with van der Waals surface area (Å²) >= 11 is 0. The zero-order valence-corrected chi connectivity index (χ0v) is 13.4. The molecule has 0 aliphatic heterocycles. The van der Waals surface area contributed by atoms with E-state index in [1.807, 2.05) is 4.90 Å². The highest BCUT2D eigenvalue weighted by Crippen LogP contribution is 2.08. The van der Waals surface area contributed by atoms with Gasteiger partial charge in [-0.05, 0) is 32.0 Å². The molecule has 0 unspecified atom stereocenters. The van der Waals surface area contributed by atoms with Crippen molar-refractivity contribution in [1.82, 2.24) is 9.80 Å². The van der Waals surface area contributed by atoms with Gasteiger partial charge in [0.15, 0.2) is 0 Å². The fourth-order valence-electron chi connectivity index (χ4n) is 2.21. The molecule has 0 aliphatic carbocycles. The molecule has 3 heteroatoms. The molecule has 3 nitrogen and oxygen atoms in total. The Bertz CT molecular complexity index is 396. The number of hydrogen-bond acceptors (Lipinski definition) is 2. The first-order chi connectivity index (χ1) is 9.60. The molecular formula is C17H28N2O. The van der Waals surface area contributed by atoms with Crippen molar-refractivity contribution >= 4 is 5.91 Å². The quantitative estimate of drug-likeness (QED) is 0.728. The zero-order valence-electron chi connectivity index (χ0n) is 13.4. The van der Waals surface area contributed by atoms with E-state index in [1.54, 1.807) is 0 Å². The molecule has 1 amide bonds. The van der Waals surface area contributed by atoms with Crippen LogP contribution >= 0.6 is 0 Å². The number of amides is 1. The number of carbonyl (C=O) groups excluding carboxylic acids is 1. The predicted octanol–water partition coefficient (Wildman–Crippen LogP) is 3.08. The minimum atomic E-state index is 0.233. The van der Waals surface area contributed by atoms with Gasteiger partial charge >= 0.3 is 0 Å². The highest BCUT2D eigenvalue weighted by molar-refractivity contribution is 5.78. The molecule has 1 aromatic carbocycles. The molecule has 0 saturated heterocycles. The van der Waals surface area contributed by atoms with Gasteiger partial charge in [0.25, 0.3) is 0 Å². The van der Waals surface area contributed by atoms with E-state index in [1.165, 1.54) is 11.1 Å². The van der Waals surface area contributed by atoms with E-state index in [2.05, 4.69) is 56.9 Å². The second-order valence-corrected chi connectivity index (χ2v) is 5.26. The van der Waals surface area contributed by atoms with Gasteiger partial charge in [0.2, 0.25) is 5.91 Å². The molecule has 0 heterocycles. The lowest BCUT2D eigenvalue weighted by Gasteiger charge is -2.26. The van der Waals surface area contributed by atoms with Crippen LogP contribution in [0.1, 0.15) is 38.3 Å². The molecule has 0 fully saturated rings. The fraction of sp³-hybridized carbons (Fsp3) is 0.588. The van der Waals surface area contributed by atoms with Crippen LogP contribution in [-0.4, -0.2) is 41.9 Å². The van der Waals surface area contributed by atoms with Gasteiger partial charge in [-0.25, -0.2) is 0 Å². The summed E-state index contributed by atoms with van der Waals surface area (Å²) in [5, 5.41) is 0. The van der Waals surface area contributed by atoms with Crippen molar-refractivity contribution in [2.45, 2.75) is 40.7 Å². The molecule has 0 saturated carbocycles. The summed E-state index contributed by atoms with van der Waals surface area (Å²) in [6, 6.07) is 8.44. The van der Waals surface area contributed by atoms with Crippen LogP contribution in [0.25, 0.3) is 0 Å². The van der Waals surface area contributed by atoms with E-state index in [0.29, 0.717) is 13.1 Å². The summed E-state index contributed by atoms with van der Waals surface area (Å²) in [5.41, 5.74) is 2.46. The maximum absolute atomic E-state index is 12.4. The van der Waals surface area contributed by atoms with Crippen molar-refractivity contribution in [2.75, 3.05) is 26.2 Å². The molecule has 0 radical (unpaired) electrons. The largest absolute Gasteiger partial charge is 0.337 e. The summed E-state index contributed by atoms with van der Waals surface area (Å²) in [4.78, 5) is 16.6. The number of benzene rings is 1. The molecule has 20 heavy (non-hydrogen) atoms. The summed E-state index contributed by atoms with van der Waals surface area (Å²) in [5.74, 6) is 0.233. The van der Waals surface area contributed by atoms with Crippen molar-refractivity contribution in [2.24, 2.45) is 0 Å². The molecule has 112 valence electrons. The smallest absolute Gasteiger partial charge is 0.237 e. The molecule has 0 N–H and O–H groups in total. The first-order valence-electron chi connectivity index (χ1n) is 7.66. The number of hydrogen-bond donors (Lipinski definition) is 0. The maximum atomic E-state index is 12.4. The SMILES string of the molecule is CCCN(Cc1ccc(C)cc1)C(=O)CN(CC)CC. The Balaban J connectivity index is 2.67. The average Bonchev–Trinajstić information content (AvgIpc) is 2.46. The molecule has 0 aliphatic rings. The van der Waals surface area contributed by atoms with Gasteiger partial charge < -0.3 is 4.90 Å². The minimum absolute atomic E-state index is 0.233. The number of aryl methyl sites for hydroxylation is 1. The molecule has 1 rings (SSSR count). The Morgan fingerprint density at radius 1 is 1.05 bits per heavy atom. The third-order valence-electron chi connectivity index (χ3n) is 3.59. The van der Waals surface area contributed by atoms with Crippen molar-refractivity contribution in [3.8, 4) is 0 Å². The third kappa shape index (κ3) is 5.33. The van der Waals surface area contributed by atoms with E-state index in [9.17, 15) is 4.79 Å². The predicted molar refractivity (Wildman–Crippen MR) is 84.7 cm³/mol. The normalized spacial score (nSPS) is 10.8. The van der Waals surface area contributed by atoms with E-state index in [0.717, 1.165) is 26.1 Å². The number of likely N-dealkylation sites (N-methyl/N-ethyl adjacent to an activating group) is 1. The van der Waals surface area contributed by atoms with Gasteiger partial charge in [0.05, 0.1) is 6.54 Å². The summed E-state index contributed by atoms with van der Waals surface area (Å²) in [6.45, 7) is 12.3. The van der Waals surface area contributed by atoms with Crippen LogP contribution in [0.15, 0.2) is 24.3 Å². The highest BCUT2D eigenvalue weighted by Gasteiger charge is 2.15. The topological polar surface area (TPSA) is 23.6 Å². The second kappa shape index (κ2) is 8.75. The highest BCUT2D eigenvalue weighted by atomic mass is 16.2. The standard InChI is InChI=1S/C17H28N2O/c1-5-12-19(17(20)14-18(6-2)7-3)13-16-10-8-15(4)9-11-16/h8-11H,5-7,12-14H2,1-4H3. The van der Waals surface area contributed by atoms with Crippen molar-refractivity contribution < 1.29 is 4.79 Å². The molecule has 0 spiro atoms. The second-order valence-electron chi connectivity index (χ2n) is 5.26. The number of carbonyl (C=O) groups is 1. The minimum Gasteiger partial charge on any atom is -0.337 e. The van der Waals surface area contributed by atoms with Gasteiger partial charge in [-0.3, -0.25) is 9.69 Å². The van der Waals surface area contributed by atoms with E-state index < -0.39 is 0 Å². The molecule has 0 atom stereocenters. The van der Waals surface area contributed by atoms with Crippen molar-refractivity contribution in [3.05, 3.63) is 35.4 Å². The van der Waals surface area contributed by atoms with E-state index in [4.69, 9.17) is 0 Å². The van der Waals surface area contributed by atoms with Crippen LogP contribution in [0.3, 0.4) is 0 Å². The van der Waals surface area contributed by atoms with Crippen LogP contribution in [0.5, 0.6) is 0 Å². The first-order valence-corrected chi connectivity index (χ1v) is 7.66. The summed E-state index contributed by atoms with van der Waals surface area (Å²) < 4.78 is 0. The summed E-state index contributed by atoms with van der Waals surface area (Å²) in [7, 11) is 0. The Morgan fingerprint density at radius 3 is 2.15 bits per heavy atom. The summed E-state index contributed by atoms with van der Waals surface area (Å²) in [6.07, 6.45) is 0.996. The Kier molecular flexibility index (Phi) is 7.31. The van der Waals surface area contributed by atoms with Gasteiger partial charge in [0.1, 0.15) is 0 Å². The van der Waals surface area contributed by atoms with Crippen LogP contribution in [-0.2, 0) is 11.3 Å². The van der Waals surface area contributed by atoms with Crippen LogP contribution in [0, 0.1) is 6.92 Å². The third-order valence-corrected chi connectivity index (χ3v) is 3.59. The van der Waals surface area contributed by atoms with Gasteiger partial charge in [-0.1, -0.05) is 50.6 Å². The number of rotatable bonds is 8. The molecular weight excluding hydrogens is 248 g/mol. The lowest BCUT2D eigenvalue weighted by molar-refractivity contribution is -0.133. The van der Waals surface area contributed by atoms with Gasteiger partial charge in [-0.2, -0.15) is 0 Å². The first kappa shape index (κ1) is 16.7. The Hall–Kier alpha value is -1.35. The van der Waals surface area contributed by atoms with Gasteiger partial charge in [-0.15, -0.1) is 0 Å². The zero-order chi connectivity index (χ0) is 15.0. The van der Waals surface area contributed by atoms with Crippen LogP contribution in [0.4, 0.5) is 0 Å². The Labute approximate surface area is 123 Å². The van der Waals surface area contributed by atoms with Crippen molar-refractivity contribution in [3.63, 3.8) is 0 Å². The van der Waals surface area contributed by atoms with E-state index >= 15 is 0 Å².